The van der Waals surface area contributed by atoms with Gasteiger partial charge in [0.25, 0.3) is 0 Å². The second kappa shape index (κ2) is 10.3. The van der Waals surface area contributed by atoms with Crippen molar-refractivity contribution in [3.63, 3.8) is 0 Å². The van der Waals surface area contributed by atoms with Crippen LogP contribution < -0.4 is 10.6 Å². The summed E-state index contributed by atoms with van der Waals surface area (Å²) in [4.78, 5) is 37.2. The lowest BCUT2D eigenvalue weighted by molar-refractivity contribution is -0.123. The number of ether oxygens (including phenoxy) is 2. The molecule has 0 aliphatic carbocycles. The zero-order chi connectivity index (χ0) is 22.5. The average molecular weight is 439 g/mol. The highest BCUT2D eigenvalue weighted by molar-refractivity contribution is 7.93. The highest BCUT2D eigenvalue weighted by Gasteiger charge is 2.35. The van der Waals surface area contributed by atoms with Crippen LogP contribution in [-0.4, -0.2) is 50.5 Å². The number of hydrogen-bond donors (Lipinski definition) is 2. The molecule has 1 aliphatic rings. The Morgan fingerprint density at radius 3 is 2.50 bits per heavy atom. The van der Waals surface area contributed by atoms with E-state index in [0.29, 0.717) is 25.3 Å². The van der Waals surface area contributed by atoms with E-state index in [1.165, 1.54) is 26.1 Å². The molecule has 1 aliphatic heterocycles. The summed E-state index contributed by atoms with van der Waals surface area (Å²) < 4.78 is 16.2. The zero-order valence-corrected chi connectivity index (χ0v) is 19.1. The van der Waals surface area contributed by atoms with Gasteiger partial charge >= 0.3 is 5.97 Å². The van der Waals surface area contributed by atoms with Crippen molar-refractivity contribution in [2.24, 2.45) is 5.41 Å². The van der Waals surface area contributed by atoms with Gasteiger partial charge in [0.2, 0.25) is 11.8 Å². The highest BCUT2D eigenvalue weighted by atomic mass is 32.2. The molecule has 2 amide bonds. The predicted molar refractivity (Wildman–Crippen MR) is 117 cm³/mol. The molecular weight excluding hydrogens is 408 g/mol. The molecule has 0 saturated carbocycles. The Hall–Kier alpha value is -2.10. The van der Waals surface area contributed by atoms with Crippen LogP contribution in [0.2, 0.25) is 0 Å². The molecule has 2 rings (SSSR count). The summed E-state index contributed by atoms with van der Waals surface area (Å²) in [7, 11) is 1.26. The van der Waals surface area contributed by atoms with E-state index in [9.17, 15) is 14.4 Å². The molecular formula is C21H30N2O6S. The molecule has 8 nitrogen and oxygen atoms in total. The summed E-state index contributed by atoms with van der Waals surface area (Å²) in [6, 6.07) is 3.47. The van der Waals surface area contributed by atoms with Crippen LogP contribution in [0.15, 0.2) is 12.1 Å². The number of hydrogen-bond acceptors (Lipinski definition) is 7. The Morgan fingerprint density at radius 1 is 1.23 bits per heavy atom. The Bertz CT molecular complexity index is 805. The van der Waals surface area contributed by atoms with E-state index in [1.807, 2.05) is 6.26 Å². The summed E-state index contributed by atoms with van der Waals surface area (Å²) in [6.07, 6.45) is 2.32. The van der Waals surface area contributed by atoms with Gasteiger partial charge < -0.3 is 24.3 Å². The first kappa shape index (κ1) is 24.2. The first-order valence-electron chi connectivity index (χ1n) is 9.71. The molecule has 0 aromatic heterocycles. The Balaban J connectivity index is 2.59. The van der Waals surface area contributed by atoms with Crippen molar-refractivity contribution >= 4 is 41.2 Å². The Labute approximate surface area is 181 Å². The molecule has 0 bridgehead atoms. The van der Waals surface area contributed by atoms with Gasteiger partial charge in [-0.3, -0.25) is 9.59 Å². The molecule has 1 saturated heterocycles. The summed E-state index contributed by atoms with van der Waals surface area (Å²) in [6.45, 7) is 7.61. The minimum absolute atomic E-state index is 0.0882. The number of carbonyl (C=O) groups is 3. The van der Waals surface area contributed by atoms with Crippen molar-refractivity contribution in [3.8, 4) is 0 Å². The number of nitrogens with one attached hydrogen (secondary N) is 2. The maximum Gasteiger partial charge on any atom is 0.342 e. The summed E-state index contributed by atoms with van der Waals surface area (Å²) in [5.41, 5.74) is 0.793. The molecule has 2 atom stereocenters. The van der Waals surface area contributed by atoms with E-state index < -0.39 is 11.4 Å². The number of rotatable bonds is 7. The maximum atomic E-state index is 12.7. The Morgan fingerprint density at radius 2 is 1.93 bits per heavy atom. The molecule has 0 spiro atoms. The minimum atomic E-state index is -0.667. The van der Waals surface area contributed by atoms with Crippen LogP contribution >= 0.6 is 12.0 Å². The van der Waals surface area contributed by atoms with Crippen molar-refractivity contribution in [2.45, 2.75) is 46.1 Å². The summed E-state index contributed by atoms with van der Waals surface area (Å²) >= 11 is 1.25. The van der Waals surface area contributed by atoms with Crippen molar-refractivity contribution < 1.29 is 28.0 Å². The van der Waals surface area contributed by atoms with E-state index in [1.54, 1.807) is 32.9 Å². The largest absolute Gasteiger partial charge is 0.465 e. The molecule has 9 heteroatoms. The first-order chi connectivity index (χ1) is 14.1. The van der Waals surface area contributed by atoms with Gasteiger partial charge in [-0.1, -0.05) is 26.8 Å². The third kappa shape index (κ3) is 5.74. The van der Waals surface area contributed by atoms with Crippen molar-refractivity contribution in [2.75, 3.05) is 37.2 Å². The van der Waals surface area contributed by atoms with Crippen LogP contribution in [0.3, 0.4) is 0 Å². The van der Waals surface area contributed by atoms with Crippen LogP contribution in [0.4, 0.5) is 11.4 Å². The highest BCUT2D eigenvalue weighted by Crippen LogP contribution is 2.40. The number of methoxy groups -OCH3 is 1. The van der Waals surface area contributed by atoms with Crippen LogP contribution in [0, 0.1) is 5.41 Å². The second-order valence-electron chi connectivity index (χ2n) is 8.08. The molecule has 166 valence electrons. The predicted octanol–water partition coefficient (Wildman–Crippen LogP) is 3.58. The van der Waals surface area contributed by atoms with E-state index in [0.717, 1.165) is 5.56 Å². The first-order valence-corrected chi connectivity index (χ1v) is 10.9. The topological polar surface area (TPSA) is 103 Å². The summed E-state index contributed by atoms with van der Waals surface area (Å²) in [5.74, 6) is -1.34. The molecule has 1 heterocycles. The molecule has 2 unspecified atom stereocenters. The lowest BCUT2D eigenvalue weighted by Crippen LogP contribution is -2.29. The Kier molecular flexibility index (Phi) is 8.28. The second-order valence-corrected chi connectivity index (χ2v) is 8.65. The van der Waals surface area contributed by atoms with Crippen LogP contribution in [-0.2, 0) is 23.2 Å². The molecule has 2 N–H and O–H groups in total. The lowest BCUT2D eigenvalue weighted by atomic mass is 9.88. The SMILES string of the molecule is COC(=O)c1c(NC(=O)C(C)(C)C)ccc(C2CCOC2COSC)c1NC(C)=O. The van der Waals surface area contributed by atoms with Gasteiger partial charge in [-0.05, 0) is 30.1 Å². The third-order valence-corrected chi connectivity index (χ3v) is 5.19. The quantitative estimate of drug-likeness (QED) is 0.495. The number of benzene rings is 1. The van der Waals surface area contributed by atoms with E-state index in [-0.39, 0.29) is 35.1 Å². The molecule has 1 fully saturated rings. The van der Waals surface area contributed by atoms with Crippen LogP contribution in [0.25, 0.3) is 0 Å². The van der Waals surface area contributed by atoms with Crippen molar-refractivity contribution in [1.82, 2.24) is 0 Å². The van der Waals surface area contributed by atoms with Gasteiger partial charge in [0.05, 0.1) is 31.2 Å². The minimum Gasteiger partial charge on any atom is -0.465 e. The number of esters is 1. The standard InChI is InChI=1S/C21H30N2O6S/c1-12(24)22-18-14(13-9-10-28-16(13)11-29-30-6)7-8-15(17(18)19(25)27-5)23-20(26)21(2,3)4/h7-8,13,16H,9-11H2,1-6H3,(H,22,24)(H,23,26). The molecule has 1 aromatic rings. The number of carbonyl (C=O) groups excluding carboxylic acids is 3. The fourth-order valence-corrected chi connectivity index (χ4v) is 3.54. The van der Waals surface area contributed by atoms with Gasteiger partial charge in [-0.15, -0.1) is 0 Å². The van der Waals surface area contributed by atoms with Gasteiger partial charge in [0.1, 0.15) is 5.56 Å². The fraction of sp³-hybridized carbons (Fsp3) is 0.571. The van der Waals surface area contributed by atoms with Crippen LogP contribution in [0.5, 0.6) is 0 Å². The maximum absolute atomic E-state index is 12.7. The van der Waals surface area contributed by atoms with Gasteiger partial charge in [0, 0.05) is 31.1 Å². The van der Waals surface area contributed by atoms with E-state index in [2.05, 4.69) is 10.6 Å². The summed E-state index contributed by atoms with van der Waals surface area (Å²) in [5, 5.41) is 5.56. The lowest BCUT2D eigenvalue weighted by Gasteiger charge is -2.25. The normalized spacial score (nSPS) is 18.7. The zero-order valence-electron chi connectivity index (χ0n) is 18.3. The average Bonchev–Trinajstić information content (AvgIpc) is 3.13. The van der Waals surface area contributed by atoms with E-state index in [4.69, 9.17) is 13.7 Å². The number of amides is 2. The monoisotopic (exact) mass is 438 g/mol. The fourth-order valence-electron chi connectivity index (χ4n) is 3.27. The van der Waals surface area contributed by atoms with Crippen molar-refractivity contribution in [1.29, 1.82) is 0 Å². The van der Waals surface area contributed by atoms with Gasteiger partial charge in [-0.25, -0.2) is 4.79 Å². The molecule has 1 aromatic carbocycles. The van der Waals surface area contributed by atoms with Crippen LogP contribution in [0.1, 0.15) is 56.0 Å². The molecule has 0 radical (unpaired) electrons. The van der Waals surface area contributed by atoms with Gasteiger partial charge in [0.15, 0.2) is 0 Å². The van der Waals surface area contributed by atoms with E-state index >= 15 is 0 Å². The van der Waals surface area contributed by atoms with Crippen molar-refractivity contribution in [3.05, 3.63) is 23.3 Å². The smallest absolute Gasteiger partial charge is 0.342 e. The number of anilines is 2. The molecule has 30 heavy (non-hydrogen) atoms. The third-order valence-electron chi connectivity index (χ3n) is 4.82. The van der Waals surface area contributed by atoms with Gasteiger partial charge in [-0.2, -0.15) is 0 Å².